The average Bonchev–Trinajstić information content (AvgIpc) is 3.19. The summed E-state index contributed by atoms with van der Waals surface area (Å²) in [4.78, 5) is 10.8. The summed E-state index contributed by atoms with van der Waals surface area (Å²) < 4.78 is 6.01. The Morgan fingerprint density at radius 1 is 0.870 bits per heavy atom. The number of nitrogens with zero attached hydrogens (tertiary/aromatic N) is 4. The molecule has 5 rings (SSSR count). The normalized spacial score (nSPS) is 36.3. The summed E-state index contributed by atoms with van der Waals surface area (Å²) in [7, 11) is 1.87. The van der Waals surface area contributed by atoms with Gasteiger partial charge in [0.1, 0.15) is 0 Å². The maximum absolute atomic E-state index is 6.01. The molecule has 0 saturated carbocycles. The largest absolute Gasteiger partial charge is 0.375 e. The van der Waals surface area contributed by atoms with E-state index in [0.29, 0.717) is 18.4 Å². The predicted molar refractivity (Wildman–Crippen MR) is 89.0 cm³/mol. The lowest BCUT2D eigenvalue weighted by atomic mass is 9.96. The van der Waals surface area contributed by atoms with Crippen molar-refractivity contribution in [2.75, 3.05) is 52.9 Å². The molecule has 124 valence electrons. The highest BCUT2D eigenvalue weighted by atomic mass is 16.5. The molecule has 4 heterocycles. The van der Waals surface area contributed by atoms with Gasteiger partial charge < -0.3 is 4.74 Å². The lowest BCUT2D eigenvalue weighted by molar-refractivity contribution is -0.126. The van der Waals surface area contributed by atoms with Crippen LogP contribution in [0.3, 0.4) is 0 Å². The van der Waals surface area contributed by atoms with E-state index in [0.717, 1.165) is 6.54 Å². The van der Waals surface area contributed by atoms with Crippen molar-refractivity contribution in [2.24, 2.45) is 0 Å². The predicted octanol–water partition coefficient (Wildman–Crippen LogP) is 0.657. The Kier molecular flexibility index (Phi) is 3.46. The van der Waals surface area contributed by atoms with Gasteiger partial charge in [0.05, 0.1) is 24.5 Å². The Balaban J connectivity index is 1.49. The number of piperazine rings is 2. The SMILES string of the molecule is COC(c1ccccc1)C1CN2CCN3CCN4CCN1C4C32. The first-order valence-electron chi connectivity index (χ1n) is 8.92. The molecule has 4 fully saturated rings. The van der Waals surface area contributed by atoms with E-state index in [1.165, 1.54) is 44.8 Å². The summed E-state index contributed by atoms with van der Waals surface area (Å²) in [6.07, 6.45) is 1.33. The molecule has 5 nitrogen and oxygen atoms in total. The van der Waals surface area contributed by atoms with Crippen molar-refractivity contribution in [3.8, 4) is 0 Å². The lowest BCUT2D eigenvalue weighted by Crippen LogP contribution is -2.70. The molecule has 0 aromatic heterocycles. The highest BCUT2D eigenvalue weighted by molar-refractivity contribution is 5.21. The quantitative estimate of drug-likeness (QED) is 0.815. The van der Waals surface area contributed by atoms with E-state index in [1.54, 1.807) is 0 Å². The van der Waals surface area contributed by atoms with Gasteiger partial charge in [0.25, 0.3) is 0 Å². The zero-order valence-electron chi connectivity index (χ0n) is 13.8. The number of benzene rings is 1. The maximum Gasteiger partial charge on any atom is 0.0989 e. The molecule has 0 radical (unpaired) electrons. The minimum absolute atomic E-state index is 0.160. The second-order valence-corrected chi connectivity index (χ2v) is 7.27. The van der Waals surface area contributed by atoms with Crippen LogP contribution < -0.4 is 0 Å². The van der Waals surface area contributed by atoms with Crippen LogP contribution in [0.1, 0.15) is 11.7 Å². The highest BCUT2D eigenvalue weighted by Crippen LogP contribution is 2.39. The molecule has 4 unspecified atom stereocenters. The molecule has 23 heavy (non-hydrogen) atoms. The standard InChI is InChI=1S/C18H26N4O/c1-23-16(14-5-3-2-4-6-14)15-13-21-10-9-19-7-8-20-11-12-22(15)18(20)17(19)21/h2-6,15-18H,7-13H2,1H3. The Labute approximate surface area is 138 Å². The van der Waals surface area contributed by atoms with Gasteiger partial charge in [-0.2, -0.15) is 0 Å². The molecule has 4 saturated heterocycles. The van der Waals surface area contributed by atoms with E-state index in [4.69, 9.17) is 4.74 Å². The third-order valence-corrected chi connectivity index (χ3v) is 6.30. The molecule has 0 spiro atoms. The fraction of sp³-hybridized carbons (Fsp3) is 0.667. The first-order chi connectivity index (χ1) is 11.4. The molecule has 0 N–H and O–H groups in total. The van der Waals surface area contributed by atoms with Gasteiger partial charge in [-0.3, -0.25) is 19.6 Å². The summed E-state index contributed by atoms with van der Waals surface area (Å²) in [5.74, 6) is 0. The lowest BCUT2D eigenvalue weighted by Gasteiger charge is -2.53. The Bertz CT molecular complexity index is 567. The van der Waals surface area contributed by atoms with Crippen molar-refractivity contribution < 1.29 is 4.74 Å². The van der Waals surface area contributed by atoms with Gasteiger partial charge in [-0.1, -0.05) is 30.3 Å². The highest BCUT2D eigenvalue weighted by Gasteiger charge is 2.55. The fourth-order valence-electron chi connectivity index (χ4n) is 5.29. The summed E-state index contributed by atoms with van der Waals surface area (Å²) in [5, 5.41) is 0. The first kappa shape index (κ1) is 14.4. The molecule has 0 bridgehead atoms. The van der Waals surface area contributed by atoms with Gasteiger partial charge in [-0.25, -0.2) is 0 Å². The van der Waals surface area contributed by atoms with Crippen molar-refractivity contribution in [2.45, 2.75) is 24.5 Å². The zero-order chi connectivity index (χ0) is 15.4. The zero-order valence-corrected chi connectivity index (χ0v) is 13.8. The minimum Gasteiger partial charge on any atom is -0.375 e. The maximum atomic E-state index is 6.01. The van der Waals surface area contributed by atoms with Gasteiger partial charge >= 0.3 is 0 Å². The Hall–Kier alpha value is -0.980. The number of ether oxygens (including phenoxy) is 1. The molecule has 1 aromatic carbocycles. The number of hydrogen-bond acceptors (Lipinski definition) is 5. The third-order valence-electron chi connectivity index (χ3n) is 6.30. The minimum atomic E-state index is 0.160. The molecule has 0 amide bonds. The van der Waals surface area contributed by atoms with E-state index in [-0.39, 0.29) is 6.10 Å². The second kappa shape index (κ2) is 5.53. The van der Waals surface area contributed by atoms with Crippen molar-refractivity contribution >= 4 is 0 Å². The molecular weight excluding hydrogens is 288 g/mol. The molecule has 4 aliphatic heterocycles. The van der Waals surface area contributed by atoms with E-state index in [9.17, 15) is 0 Å². The fourth-order valence-corrected chi connectivity index (χ4v) is 5.29. The van der Waals surface area contributed by atoms with Crippen LogP contribution in [-0.2, 0) is 4.74 Å². The van der Waals surface area contributed by atoms with Gasteiger partial charge in [-0.15, -0.1) is 0 Å². The number of hydrogen-bond donors (Lipinski definition) is 0. The van der Waals surface area contributed by atoms with E-state index in [1.807, 2.05) is 7.11 Å². The van der Waals surface area contributed by atoms with E-state index >= 15 is 0 Å². The number of rotatable bonds is 3. The average molecular weight is 314 g/mol. The number of methoxy groups -OCH3 is 1. The molecule has 4 aliphatic rings. The smallest absolute Gasteiger partial charge is 0.0989 e. The molecule has 5 heteroatoms. The topological polar surface area (TPSA) is 22.2 Å². The van der Waals surface area contributed by atoms with Gasteiger partial charge in [0.15, 0.2) is 0 Å². The summed E-state index contributed by atoms with van der Waals surface area (Å²) >= 11 is 0. The second-order valence-electron chi connectivity index (χ2n) is 7.27. The van der Waals surface area contributed by atoms with Crippen LogP contribution in [0.5, 0.6) is 0 Å². The molecule has 1 aromatic rings. The molecule has 4 atom stereocenters. The van der Waals surface area contributed by atoms with Crippen LogP contribution in [0.25, 0.3) is 0 Å². The van der Waals surface area contributed by atoms with Crippen LogP contribution in [0.2, 0.25) is 0 Å². The van der Waals surface area contributed by atoms with E-state index < -0.39 is 0 Å². The van der Waals surface area contributed by atoms with Crippen molar-refractivity contribution in [3.05, 3.63) is 35.9 Å². The monoisotopic (exact) mass is 314 g/mol. The van der Waals surface area contributed by atoms with Crippen LogP contribution in [0.4, 0.5) is 0 Å². The van der Waals surface area contributed by atoms with Crippen molar-refractivity contribution in [3.63, 3.8) is 0 Å². The van der Waals surface area contributed by atoms with Gasteiger partial charge in [0.2, 0.25) is 0 Å². The summed E-state index contributed by atoms with van der Waals surface area (Å²) in [6.45, 7) is 8.43. The third kappa shape index (κ3) is 2.11. The van der Waals surface area contributed by atoms with Crippen LogP contribution in [-0.4, -0.2) is 90.9 Å². The van der Waals surface area contributed by atoms with Crippen LogP contribution in [0, 0.1) is 0 Å². The first-order valence-corrected chi connectivity index (χ1v) is 8.92. The molecular formula is C18H26N4O. The van der Waals surface area contributed by atoms with Crippen LogP contribution >= 0.6 is 0 Å². The summed E-state index contributed by atoms with van der Waals surface area (Å²) in [5.41, 5.74) is 1.31. The molecule has 0 aliphatic carbocycles. The van der Waals surface area contributed by atoms with E-state index in [2.05, 4.69) is 49.9 Å². The van der Waals surface area contributed by atoms with Crippen LogP contribution in [0.15, 0.2) is 30.3 Å². The van der Waals surface area contributed by atoms with Crippen molar-refractivity contribution in [1.82, 2.24) is 19.6 Å². The van der Waals surface area contributed by atoms with Gasteiger partial charge in [-0.05, 0) is 5.56 Å². The summed E-state index contributed by atoms with van der Waals surface area (Å²) in [6, 6.07) is 11.2. The van der Waals surface area contributed by atoms with Gasteiger partial charge in [0, 0.05) is 52.9 Å². The Morgan fingerprint density at radius 3 is 2.26 bits per heavy atom. The Morgan fingerprint density at radius 2 is 1.52 bits per heavy atom. The van der Waals surface area contributed by atoms with Crippen molar-refractivity contribution in [1.29, 1.82) is 0 Å².